The van der Waals surface area contributed by atoms with Crippen LogP contribution in [0.5, 0.6) is 0 Å². The molecule has 6 fully saturated rings. The second kappa shape index (κ2) is 5.99. The van der Waals surface area contributed by atoms with E-state index in [0.29, 0.717) is 13.0 Å². The molecule has 0 amide bonds. The molecule has 7 heteroatoms. The third-order valence-corrected chi connectivity index (χ3v) is 10.9. The smallest absolute Gasteiger partial charge is 0.124 e. The lowest BCUT2D eigenvalue weighted by atomic mass is 9.44. The molecule has 1 saturated heterocycles. The Bertz CT molecular complexity index is 751. The Morgan fingerprint density at radius 2 is 1.77 bits per heavy atom. The average molecular weight is 424 g/mol. The number of nitrogens with zero attached hydrogens (tertiary/aromatic N) is 1. The van der Waals surface area contributed by atoms with Crippen LogP contribution in [-0.4, -0.2) is 95.8 Å². The van der Waals surface area contributed by atoms with E-state index in [1.165, 1.54) is 0 Å². The predicted molar refractivity (Wildman–Crippen MR) is 108 cm³/mol. The average Bonchev–Trinajstić information content (AvgIpc) is 3.16. The van der Waals surface area contributed by atoms with E-state index < -0.39 is 22.9 Å². The molecule has 0 unspecified atom stereocenters. The van der Waals surface area contributed by atoms with E-state index >= 15 is 0 Å². The summed E-state index contributed by atoms with van der Waals surface area (Å²) >= 11 is 0. The molecule has 6 aliphatic rings. The summed E-state index contributed by atoms with van der Waals surface area (Å²) in [5.74, 6) is -0.262. The number of likely N-dealkylation sites (tertiary alicyclic amines) is 1. The van der Waals surface area contributed by atoms with E-state index in [1.807, 2.05) is 0 Å². The highest BCUT2D eigenvalue weighted by atomic mass is 16.5. The number of hydrogen-bond acceptors (Lipinski definition) is 7. The molecule has 12 atom stereocenters. The van der Waals surface area contributed by atoms with Crippen molar-refractivity contribution in [2.45, 2.75) is 80.2 Å². The number of rotatable bonds is 4. The van der Waals surface area contributed by atoms with Gasteiger partial charge in [0.15, 0.2) is 0 Å². The van der Waals surface area contributed by atoms with Gasteiger partial charge < -0.3 is 29.5 Å². The second-order valence-corrected chi connectivity index (χ2v) is 11.1. The zero-order chi connectivity index (χ0) is 21.3. The van der Waals surface area contributed by atoms with E-state index in [-0.39, 0.29) is 47.3 Å². The Labute approximate surface area is 178 Å². The van der Waals surface area contributed by atoms with Crippen LogP contribution in [0.2, 0.25) is 0 Å². The number of likely N-dealkylation sites (N-methyl/N-ethyl adjacent to an activating group) is 1. The minimum Gasteiger partial charge on any atom is -0.388 e. The van der Waals surface area contributed by atoms with E-state index in [1.54, 1.807) is 21.3 Å². The Hall–Kier alpha value is -0.280. The molecule has 0 aromatic rings. The van der Waals surface area contributed by atoms with Gasteiger partial charge in [-0.15, -0.1) is 0 Å². The largest absolute Gasteiger partial charge is 0.388 e. The minimum atomic E-state index is -1.34. The molecule has 0 radical (unpaired) electrons. The number of piperidine rings is 1. The van der Waals surface area contributed by atoms with Crippen molar-refractivity contribution >= 4 is 0 Å². The minimum absolute atomic E-state index is 0.0300. The number of fused-ring (bicyclic) bond motifs is 2. The van der Waals surface area contributed by atoms with Crippen molar-refractivity contribution in [1.82, 2.24) is 4.90 Å². The maximum absolute atomic E-state index is 12.4. The summed E-state index contributed by atoms with van der Waals surface area (Å²) in [5, 5.41) is 36.8. The van der Waals surface area contributed by atoms with Crippen LogP contribution in [0, 0.1) is 29.1 Å². The third kappa shape index (κ3) is 1.80. The van der Waals surface area contributed by atoms with E-state index in [4.69, 9.17) is 14.2 Å². The molecule has 7 nitrogen and oxygen atoms in total. The lowest BCUT2D eigenvalue weighted by Gasteiger charge is -2.70. The molecule has 3 N–H and O–H groups in total. The lowest BCUT2D eigenvalue weighted by molar-refractivity contribution is -0.338. The van der Waals surface area contributed by atoms with Crippen molar-refractivity contribution in [2.24, 2.45) is 29.1 Å². The first-order valence-corrected chi connectivity index (χ1v) is 11.8. The van der Waals surface area contributed by atoms with Gasteiger partial charge in [0.25, 0.3) is 0 Å². The molecule has 30 heavy (non-hydrogen) atoms. The van der Waals surface area contributed by atoms with Gasteiger partial charge in [0, 0.05) is 63.5 Å². The van der Waals surface area contributed by atoms with Gasteiger partial charge in [-0.1, -0.05) is 6.92 Å². The molecule has 5 aliphatic carbocycles. The number of methoxy groups -OCH3 is 3. The van der Waals surface area contributed by atoms with Crippen molar-refractivity contribution in [3.8, 4) is 0 Å². The van der Waals surface area contributed by atoms with Crippen LogP contribution >= 0.6 is 0 Å². The molecule has 0 aromatic carbocycles. The molecule has 7 bridgehead atoms. The van der Waals surface area contributed by atoms with Crippen LogP contribution in [0.4, 0.5) is 0 Å². The van der Waals surface area contributed by atoms with Crippen LogP contribution in [-0.2, 0) is 14.2 Å². The van der Waals surface area contributed by atoms with Crippen LogP contribution in [0.15, 0.2) is 0 Å². The monoisotopic (exact) mass is 423 g/mol. The maximum atomic E-state index is 12.4. The Morgan fingerprint density at radius 1 is 1.00 bits per heavy atom. The van der Waals surface area contributed by atoms with Crippen molar-refractivity contribution in [1.29, 1.82) is 0 Å². The van der Waals surface area contributed by atoms with Crippen LogP contribution in [0.3, 0.4) is 0 Å². The summed E-state index contributed by atoms with van der Waals surface area (Å²) in [5.41, 5.74) is -3.81. The fourth-order valence-electron chi connectivity index (χ4n) is 10.3. The van der Waals surface area contributed by atoms with E-state index in [0.717, 1.165) is 32.2 Å². The zero-order valence-electron chi connectivity index (χ0n) is 18.6. The SMILES string of the molecule is CCN1C[C@]2(O)CC[C@H](OC)[C@]34[C@@H]2C[C@@H]([C@@H]13)[C@@]1(O)C[C@H](OC)[C@@H]2C[C@@H]4[C@]1(O)[C@@H]2OC. The molecular weight excluding hydrogens is 386 g/mol. The Balaban J connectivity index is 1.63. The van der Waals surface area contributed by atoms with Crippen molar-refractivity contribution in [3.05, 3.63) is 0 Å². The quantitative estimate of drug-likeness (QED) is 0.603. The molecule has 1 aliphatic heterocycles. The van der Waals surface area contributed by atoms with Gasteiger partial charge in [0.2, 0.25) is 0 Å². The molecule has 1 spiro atoms. The first-order valence-electron chi connectivity index (χ1n) is 11.8. The van der Waals surface area contributed by atoms with Crippen LogP contribution in [0.25, 0.3) is 0 Å². The molecule has 170 valence electrons. The van der Waals surface area contributed by atoms with Gasteiger partial charge in [0.1, 0.15) is 11.2 Å². The normalized spacial score (nSPS) is 63.3. The summed E-state index contributed by atoms with van der Waals surface area (Å²) in [6, 6.07) is 0.0974. The highest BCUT2D eigenvalue weighted by molar-refractivity contribution is 5.38. The number of aliphatic hydroxyl groups is 3. The lowest BCUT2D eigenvalue weighted by Crippen LogP contribution is -2.83. The number of hydrogen-bond donors (Lipinski definition) is 3. The van der Waals surface area contributed by atoms with Crippen molar-refractivity contribution in [3.63, 3.8) is 0 Å². The van der Waals surface area contributed by atoms with E-state index in [9.17, 15) is 15.3 Å². The van der Waals surface area contributed by atoms with Gasteiger partial charge in [-0.25, -0.2) is 0 Å². The van der Waals surface area contributed by atoms with Gasteiger partial charge in [-0.05, 0) is 38.1 Å². The summed E-state index contributed by atoms with van der Waals surface area (Å²) < 4.78 is 18.0. The summed E-state index contributed by atoms with van der Waals surface area (Å²) in [6.07, 6.45) is 2.77. The van der Waals surface area contributed by atoms with Gasteiger partial charge in [-0.2, -0.15) is 0 Å². The topological polar surface area (TPSA) is 91.6 Å². The summed E-state index contributed by atoms with van der Waals surface area (Å²) in [7, 11) is 5.13. The van der Waals surface area contributed by atoms with Gasteiger partial charge in [-0.3, -0.25) is 4.90 Å². The highest BCUT2D eigenvalue weighted by Gasteiger charge is 2.88. The number of β-amino-alcohol motifs (C(OH)–C–C–N with tert-alkyl or cyclic N) is 1. The molecule has 6 rings (SSSR count). The van der Waals surface area contributed by atoms with Crippen molar-refractivity contribution < 1.29 is 29.5 Å². The molecular formula is C23H37NO6. The summed E-state index contributed by atoms with van der Waals surface area (Å²) in [4.78, 5) is 2.40. The zero-order valence-corrected chi connectivity index (χ0v) is 18.6. The Kier molecular flexibility index (Phi) is 4.06. The molecule has 0 aromatic heterocycles. The predicted octanol–water partition coefficient (Wildman–Crippen LogP) is 0.399. The number of ether oxygens (including phenoxy) is 3. The first kappa shape index (κ1) is 20.3. The second-order valence-electron chi connectivity index (χ2n) is 11.1. The first-order chi connectivity index (χ1) is 14.3. The maximum Gasteiger partial charge on any atom is 0.124 e. The van der Waals surface area contributed by atoms with E-state index in [2.05, 4.69) is 11.8 Å². The fourth-order valence-corrected chi connectivity index (χ4v) is 10.3. The van der Waals surface area contributed by atoms with Gasteiger partial charge >= 0.3 is 0 Å². The fraction of sp³-hybridized carbons (Fsp3) is 1.00. The highest BCUT2D eigenvalue weighted by Crippen LogP contribution is 2.78. The molecule has 5 saturated carbocycles. The Morgan fingerprint density at radius 3 is 2.40 bits per heavy atom. The standard InChI is InChI=1S/C23H37NO6/c1-5-24-11-20(25)7-6-17(29-3)22-15(20)9-13(18(22)24)21(26)10-14(28-2)12-8-16(22)23(21,27)19(12)30-4/h12-19,25-27H,5-11H2,1-4H3/t12-,13-,14-,15+,16-,17-,18+,19+,20+,21-,22+,23-/m0/s1. The third-order valence-electron chi connectivity index (χ3n) is 10.9. The van der Waals surface area contributed by atoms with Crippen molar-refractivity contribution in [2.75, 3.05) is 34.4 Å². The van der Waals surface area contributed by atoms with Crippen LogP contribution in [0.1, 0.15) is 39.0 Å². The van der Waals surface area contributed by atoms with Gasteiger partial charge in [0.05, 0.1) is 23.9 Å². The summed E-state index contributed by atoms with van der Waals surface area (Å²) in [6.45, 7) is 3.62. The molecule has 1 heterocycles. The van der Waals surface area contributed by atoms with Crippen LogP contribution < -0.4 is 0 Å².